The maximum Gasteiger partial charge on any atom is 0.111 e. The molecule has 0 aliphatic heterocycles. The predicted octanol–water partition coefficient (Wildman–Crippen LogP) is 1.75. The smallest absolute Gasteiger partial charge is 0.111 e. The molecule has 0 N–H and O–H groups in total. The van der Waals surface area contributed by atoms with Crippen molar-refractivity contribution in [2.75, 3.05) is 159 Å². The molecule has 13 nitrogen and oxygen atoms in total. The first-order valence-corrected chi connectivity index (χ1v) is 15.0. The summed E-state index contributed by atoms with van der Waals surface area (Å²) in [5, 5.41) is 0. The second-order valence-corrected chi connectivity index (χ2v) is 8.69. The van der Waals surface area contributed by atoms with Gasteiger partial charge in [0.1, 0.15) is 6.61 Å². The van der Waals surface area contributed by atoms with Crippen LogP contribution in [0.4, 0.5) is 0 Å². The summed E-state index contributed by atoms with van der Waals surface area (Å²) in [7, 11) is 0. The van der Waals surface area contributed by atoms with Gasteiger partial charge in [-0.25, -0.2) is 0 Å². The summed E-state index contributed by atoms with van der Waals surface area (Å²) in [4.78, 5) is 0. The molecule has 0 aromatic rings. The molecule has 0 bridgehead atoms. The van der Waals surface area contributed by atoms with E-state index in [4.69, 9.17) is 61.6 Å². The summed E-state index contributed by atoms with van der Waals surface area (Å²) in [5.74, 6) is 0. The van der Waals surface area contributed by atoms with Crippen molar-refractivity contribution >= 4 is 0 Å². The SMILES string of the molecule is C=COCCOCCOCCOCCOCCOCCOCCOCCOCCOCCOCCOCCOC(C)C. The van der Waals surface area contributed by atoms with Crippen molar-refractivity contribution in [2.45, 2.75) is 20.0 Å². The molecule has 252 valence electrons. The Balaban J connectivity index is 3.03. The number of hydrogen-bond acceptors (Lipinski definition) is 13. The first-order valence-electron chi connectivity index (χ1n) is 15.0. The zero-order chi connectivity index (χ0) is 30.4. The Labute approximate surface area is 253 Å². The molecule has 0 spiro atoms. The minimum Gasteiger partial charge on any atom is -0.499 e. The second-order valence-electron chi connectivity index (χ2n) is 8.69. The zero-order valence-electron chi connectivity index (χ0n) is 26.1. The fraction of sp³-hybridized carbons (Fsp3) is 0.931. The van der Waals surface area contributed by atoms with E-state index in [0.717, 1.165) is 0 Å². The van der Waals surface area contributed by atoms with Gasteiger partial charge in [-0.3, -0.25) is 0 Å². The number of rotatable bonds is 38. The average Bonchev–Trinajstić information content (AvgIpc) is 2.98. The largest absolute Gasteiger partial charge is 0.499 e. The average molecular weight is 615 g/mol. The van der Waals surface area contributed by atoms with E-state index < -0.39 is 0 Å². The van der Waals surface area contributed by atoms with E-state index in [1.165, 1.54) is 6.26 Å². The molecule has 0 saturated carbocycles. The number of ether oxygens (including phenoxy) is 13. The fourth-order valence-corrected chi connectivity index (χ4v) is 2.83. The van der Waals surface area contributed by atoms with Crippen LogP contribution in [0.15, 0.2) is 12.8 Å². The van der Waals surface area contributed by atoms with E-state index in [1.807, 2.05) is 13.8 Å². The fourth-order valence-electron chi connectivity index (χ4n) is 2.83. The lowest BCUT2D eigenvalue weighted by Crippen LogP contribution is -2.15. The van der Waals surface area contributed by atoms with Crippen LogP contribution >= 0.6 is 0 Å². The highest BCUT2D eigenvalue weighted by molar-refractivity contribution is 4.47. The Hall–Kier alpha value is -0.940. The quantitative estimate of drug-likeness (QED) is 0.0743. The van der Waals surface area contributed by atoms with E-state index in [2.05, 4.69) is 6.58 Å². The molecule has 0 rings (SSSR count). The van der Waals surface area contributed by atoms with E-state index in [0.29, 0.717) is 159 Å². The molecule has 0 unspecified atom stereocenters. The molecule has 0 amide bonds. The van der Waals surface area contributed by atoms with Crippen LogP contribution in [0, 0.1) is 0 Å². The van der Waals surface area contributed by atoms with Crippen molar-refractivity contribution in [3.05, 3.63) is 12.8 Å². The van der Waals surface area contributed by atoms with Gasteiger partial charge in [-0.05, 0) is 13.8 Å². The molecular weight excluding hydrogens is 556 g/mol. The Kier molecular flexibility index (Phi) is 37.2. The highest BCUT2D eigenvalue weighted by Gasteiger charge is 1.97. The van der Waals surface area contributed by atoms with Gasteiger partial charge >= 0.3 is 0 Å². The highest BCUT2D eigenvalue weighted by Crippen LogP contribution is 1.89. The van der Waals surface area contributed by atoms with Gasteiger partial charge in [0.15, 0.2) is 0 Å². The summed E-state index contributed by atoms with van der Waals surface area (Å²) >= 11 is 0. The molecule has 0 aromatic heterocycles. The van der Waals surface area contributed by atoms with Gasteiger partial charge in [0.25, 0.3) is 0 Å². The van der Waals surface area contributed by atoms with Gasteiger partial charge in [-0.15, -0.1) is 0 Å². The molecule has 0 aliphatic rings. The Morgan fingerprint density at radius 3 is 0.714 bits per heavy atom. The zero-order valence-corrected chi connectivity index (χ0v) is 26.1. The van der Waals surface area contributed by atoms with E-state index >= 15 is 0 Å². The topological polar surface area (TPSA) is 120 Å². The van der Waals surface area contributed by atoms with Crippen molar-refractivity contribution in [1.29, 1.82) is 0 Å². The lowest BCUT2D eigenvalue weighted by molar-refractivity contribution is -0.0295. The maximum atomic E-state index is 5.47. The molecule has 0 fully saturated rings. The third-order valence-electron chi connectivity index (χ3n) is 4.86. The molecule has 0 aliphatic carbocycles. The lowest BCUT2D eigenvalue weighted by Gasteiger charge is -2.09. The maximum absolute atomic E-state index is 5.47. The predicted molar refractivity (Wildman–Crippen MR) is 156 cm³/mol. The van der Waals surface area contributed by atoms with Crippen LogP contribution in [0.1, 0.15) is 13.8 Å². The monoisotopic (exact) mass is 614 g/mol. The first-order chi connectivity index (χ1) is 20.8. The van der Waals surface area contributed by atoms with Crippen LogP contribution < -0.4 is 0 Å². The summed E-state index contributed by atoms with van der Waals surface area (Å²) in [6.07, 6.45) is 1.63. The van der Waals surface area contributed by atoms with Gasteiger partial charge in [0.05, 0.1) is 164 Å². The summed E-state index contributed by atoms with van der Waals surface area (Å²) in [6, 6.07) is 0. The molecule has 0 atom stereocenters. The van der Waals surface area contributed by atoms with Crippen molar-refractivity contribution in [2.24, 2.45) is 0 Å². The minimum absolute atomic E-state index is 0.231. The third-order valence-corrected chi connectivity index (χ3v) is 4.86. The van der Waals surface area contributed by atoms with Crippen LogP contribution in [0.25, 0.3) is 0 Å². The van der Waals surface area contributed by atoms with E-state index in [-0.39, 0.29) is 6.10 Å². The van der Waals surface area contributed by atoms with Gasteiger partial charge < -0.3 is 61.6 Å². The van der Waals surface area contributed by atoms with Crippen molar-refractivity contribution in [1.82, 2.24) is 0 Å². The molecule has 0 aromatic carbocycles. The molecule has 0 saturated heterocycles. The summed E-state index contributed by atoms with van der Waals surface area (Å²) in [6.45, 7) is 20.1. The standard InChI is InChI=1S/C29H58O13/c1-4-30-5-6-31-7-8-32-9-10-33-11-12-34-13-14-35-15-16-36-17-18-37-19-20-38-21-22-39-23-24-40-25-26-41-27-28-42-29(2)3/h4,29H,1,5-28H2,2-3H3. The highest BCUT2D eigenvalue weighted by atomic mass is 16.6. The molecule has 0 heterocycles. The van der Waals surface area contributed by atoms with Gasteiger partial charge in [0, 0.05) is 0 Å². The van der Waals surface area contributed by atoms with Crippen molar-refractivity contribution in [3.63, 3.8) is 0 Å². The summed E-state index contributed by atoms with van der Waals surface area (Å²) < 4.78 is 70.1. The molecule has 42 heavy (non-hydrogen) atoms. The minimum atomic E-state index is 0.231. The Bertz CT molecular complexity index is 500. The first kappa shape index (κ1) is 41.1. The van der Waals surface area contributed by atoms with Crippen molar-refractivity contribution < 1.29 is 61.6 Å². The molecule has 13 heteroatoms. The van der Waals surface area contributed by atoms with Crippen LogP contribution in [-0.4, -0.2) is 165 Å². The molecule has 0 radical (unpaired) electrons. The van der Waals surface area contributed by atoms with Gasteiger partial charge in [-0.1, -0.05) is 6.58 Å². The van der Waals surface area contributed by atoms with E-state index in [1.54, 1.807) is 0 Å². The van der Waals surface area contributed by atoms with Crippen LogP contribution in [-0.2, 0) is 61.6 Å². The number of hydrogen-bond donors (Lipinski definition) is 0. The third kappa shape index (κ3) is 39.1. The van der Waals surface area contributed by atoms with Gasteiger partial charge in [0.2, 0.25) is 0 Å². The Morgan fingerprint density at radius 2 is 0.524 bits per heavy atom. The summed E-state index contributed by atoms with van der Waals surface area (Å²) in [5.41, 5.74) is 0. The Morgan fingerprint density at radius 1 is 0.333 bits per heavy atom. The van der Waals surface area contributed by atoms with Crippen LogP contribution in [0.3, 0.4) is 0 Å². The normalized spacial score (nSPS) is 11.5. The van der Waals surface area contributed by atoms with Crippen molar-refractivity contribution in [3.8, 4) is 0 Å². The second kappa shape index (κ2) is 38.1. The molecular formula is C29H58O13. The van der Waals surface area contributed by atoms with Crippen LogP contribution in [0.2, 0.25) is 0 Å². The van der Waals surface area contributed by atoms with Gasteiger partial charge in [-0.2, -0.15) is 0 Å². The lowest BCUT2D eigenvalue weighted by atomic mass is 10.5. The van der Waals surface area contributed by atoms with Crippen LogP contribution in [0.5, 0.6) is 0 Å². The van der Waals surface area contributed by atoms with E-state index in [9.17, 15) is 0 Å².